The summed E-state index contributed by atoms with van der Waals surface area (Å²) in [5, 5.41) is 0.0583. The molecule has 49 heavy (non-hydrogen) atoms. The number of sulfonamides is 1. The second-order valence-electron chi connectivity index (χ2n) is 13.9. The molecule has 0 spiro atoms. The summed E-state index contributed by atoms with van der Waals surface area (Å²) < 4.78 is 45.1. The predicted octanol–water partition coefficient (Wildman–Crippen LogP) is 7.52. The molecule has 3 saturated heterocycles. The highest BCUT2D eigenvalue weighted by Crippen LogP contribution is 2.45. The Morgan fingerprint density at radius 1 is 0.980 bits per heavy atom. The third kappa shape index (κ3) is 6.51. The topological polar surface area (TPSA) is 87.5 Å². The van der Waals surface area contributed by atoms with Gasteiger partial charge < -0.3 is 9.47 Å². The third-order valence-electron chi connectivity index (χ3n) is 11.2. The molecule has 0 saturated carbocycles. The third-order valence-corrected chi connectivity index (χ3v) is 13.5. The highest BCUT2D eigenvalue weighted by molar-refractivity contribution is 7.89. The van der Waals surface area contributed by atoms with Gasteiger partial charge in [0.1, 0.15) is 16.5 Å². The van der Waals surface area contributed by atoms with Crippen LogP contribution >= 0.6 is 23.2 Å². The lowest BCUT2D eigenvalue weighted by Crippen LogP contribution is -2.49. The molecule has 260 valence electrons. The molecule has 3 aliphatic rings. The van der Waals surface area contributed by atoms with Crippen molar-refractivity contribution in [2.45, 2.75) is 87.2 Å². The Bertz CT molecular complexity index is 1980. The van der Waals surface area contributed by atoms with Crippen LogP contribution in [0.2, 0.25) is 10.0 Å². The summed E-state index contributed by atoms with van der Waals surface area (Å²) in [6.45, 7) is 5.74. The fourth-order valence-electron chi connectivity index (χ4n) is 8.77. The number of hydrogen-bond donors (Lipinski definition) is 1. The maximum Gasteiger partial charge on any atom is 0.255 e. The first kappa shape index (κ1) is 34.4. The molecule has 1 amide bonds. The number of nitrogens with one attached hydrogen (secondary N) is 1. The molecule has 3 aromatic carbocycles. The summed E-state index contributed by atoms with van der Waals surface area (Å²) in [7, 11) is -3.91. The lowest BCUT2D eigenvalue weighted by Gasteiger charge is -2.45. The Hall–Kier alpha value is -3.02. The number of nitrogens with zero attached hydrogens (tertiary/aromatic N) is 4. The molecule has 12 heteroatoms. The molecular formula is C37H42Cl2FN5O3S. The molecule has 1 N–H and O–H groups in total. The number of aryl methyl sites for hydroxylation is 1. The van der Waals surface area contributed by atoms with Gasteiger partial charge in [0.15, 0.2) is 0 Å². The van der Waals surface area contributed by atoms with Crippen LogP contribution in [0.5, 0.6) is 0 Å². The highest BCUT2D eigenvalue weighted by Gasteiger charge is 2.44. The summed E-state index contributed by atoms with van der Waals surface area (Å²) >= 11 is 12.7. The average Bonchev–Trinajstić information content (AvgIpc) is 3.53. The van der Waals surface area contributed by atoms with E-state index >= 15 is 0 Å². The summed E-state index contributed by atoms with van der Waals surface area (Å²) in [5.41, 5.74) is 3.01. The molecule has 1 aromatic heterocycles. The minimum Gasteiger partial charge on any atom is -0.339 e. The average molecular weight is 727 g/mol. The lowest BCUT2D eigenvalue weighted by atomic mass is 9.70. The van der Waals surface area contributed by atoms with Crippen molar-refractivity contribution in [3.8, 4) is 0 Å². The first-order valence-corrected chi connectivity index (χ1v) is 19.5. The number of likely N-dealkylation sites (tertiary alicyclic amines) is 1. The van der Waals surface area contributed by atoms with Gasteiger partial charge in [0.05, 0.1) is 26.6 Å². The van der Waals surface area contributed by atoms with Gasteiger partial charge in [0.2, 0.25) is 10.0 Å². The van der Waals surface area contributed by atoms with E-state index in [4.69, 9.17) is 28.2 Å². The molecule has 3 fully saturated rings. The van der Waals surface area contributed by atoms with Crippen molar-refractivity contribution in [3.63, 3.8) is 0 Å². The number of para-hydroxylation sites is 2. The summed E-state index contributed by atoms with van der Waals surface area (Å²) in [6.07, 6.45) is 6.69. The van der Waals surface area contributed by atoms with E-state index in [2.05, 4.69) is 39.3 Å². The number of carbonyl (C=O) groups is 1. The van der Waals surface area contributed by atoms with Crippen LogP contribution in [0, 0.1) is 12.7 Å². The molecule has 7 rings (SSSR count). The molecular weight excluding hydrogens is 684 g/mol. The highest BCUT2D eigenvalue weighted by atomic mass is 35.5. The van der Waals surface area contributed by atoms with Crippen molar-refractivity contribution in [3.05, 3.63) is 93.5 Å². The first-order valence-electron chi connectivity index (χ1n) is 17.2. The van der Waals surface area contributed by atoms with Crippen molar-refractivity contribution in [2.75, 3.05) is 26.2 Å². The van der Waals surface area contributed by atoms with Crippen molar-refractivity contribution in [1.29, 1.82) is 0 Å². The smallest absolute Gasteiger partial charge is 0.255 e. The van der Waals surface area contributed by atoms with Gasteiger partial charge in [0.25, 0.3) is 5.91 Å². The number of piperidine rings is 2. The number of hydrogen-bond acceptors (Lipinski definition) is 5. The molecule has 8 nitrogen and oxygen atoms in total. The van der Waals surface area contributed by atoms with Gasteiger partial charge in [-0.2, -0.15) is 0 Å². The second kappa shape index (κ2) is 13.6. The van der Waals surface area contributed by atoms with Crippen LogP contribution in [0.25, 0.3) is 11.0 Å². The number of carbonyl (C=O) groups excluding carboxylic acids is 1. The molecule has 1 unspecified atom stereocenters. The van der Waals surface area contributed by atoms with Crippen molar-refractivity contribution < 1.29 is 17.6 Å². The molecule has 4 heterocycles. The number of amides is 1. The largest absolute Gasteiger partial charge is 0.339 e. The first-order chi connectivity index (χ1) is 23.5. The van der Waals surface area contributed by atoms with Crippen LogP contribution in [0.3, 0.4) is 0 Å². The van der Waals surface area contributed by atoms with E-state index in [-0.39, 0.29) is 44.2 Å². The Labute approximate surface area is 297 Å². The van der Waals surface area contributed by atoms with E-state index < -0.39 is 10.0 Å². The number of fused-ring (bicyclic) bond motifs is 3. The Morgan fingerprint density at radius 3 is 2.39 bits per heavy atom. The van der Waals surface area contributed by atoms with Crippen LogP contribution in [-0.2, 0) is 15.4 Å². The van der Waals surface area contributed by atoms with E-state index in [9.17, 15) is 17.6 Å². The Morgan fingerprint density at radius 2 is 1.69 bits per heavy atom. The number of benzene rings is 3. The molecule has 4 aromatic rings. The van der Waals surface area contributed by atoms with Gasteiger partial charge in [-0.15, -0.1) is 0 Å². The second-order valence-corrected chi connectivity index (χ2v) is 16.4. The SMILES string of the molecule is CCNS(=O)(=O)c1cc(C(=O)N2CCC(CCN3[C@@H]4CC[C@H]3CC(n3c(C)nc5ccccc53)C4)(c3cccc(F)c3)CC2)c(Cl)cc1Cl. The van der Waals surface area contributed by atoms with Gasteiger partial charge in [-0.05, 0) is 106 Å². The zero-order chi connectivity index (χ0) is 34.5. The number of rotatable bonds is 9. The van der Waals surface area contributed by atoms with E-state index in [1.165, 1.54) is 36.6 Å². The van der Waals surface area contributed by atoms with Crippen molar-refractivity contribution in [2.24, 2.45) is 0 Å². The Balaban J connectivity index is 1.09. The number of imidazole rings is 1. The van der Waals surface area contributed by atoms with Crippen molar-refractivity contribution >= 4 is 50.2 Å². The van der Waals surface area contributed by atoms with Crippen LogP contribution in [0.1, 0.15) is 79.7 Å². The molecule has 0 radical (unpaired) electrons. The monoisotopic (exact) mass is 725 g/mol. The van der Waals surface area contributed by atoms with Gasteiger partial charge in [-0.1, -0.05) is 54.4 Å². The van der Waals surface area contributed by atoms with Crippen LogP contribution in [0.4, 0.5) is 4.39 Å². The molecule has 0 aliphatic carbocycles. The quantitative estimate of drug-likeness (QED) is 0.193. The van der Waals surface area contributed by atoms with Gasteiger partial charge in [-0.25, -0.2) is 22.5 Å². The molecule has 2 bridgehead atoms. The van der Waals surface area contributed by atoms with Gasteiger partial charge in [-0.3, -0.25) is 9.69 Å². The fraction of sp³-hybridized carbons (Fsp3) is 0.459. The number of aromatic nitrogens is 2. The normalized spacial score (nSPS) is 22.6. The summed E-state index contributed by atoms with van der Waals surface area (Å²) in [6, 6.07) is 19.3. The molecule has 3 atom stereocenters. The van der Waals surface area contributed by atoms with E-state index in [0.29, 0.717) is 44.1 Å². The summed E-state index contributed by atoms with van der Waals surface area (Å²) in [4.78, 5) is 22.9. The summed E-state index contributed by atoms with van der Waals surface area (Å²) in [5.74, 6) is 0.465. The number of halogens is 3. The molecule has 3 aliphatic heterocycles. The standard InChI is InChI=1S/C37H42Cl2FN5O3S/c1-3-41-49(47,48)35-22-30(31(38)23-32(35)39)36(46)43-16-13-37(14-17-43,25-7-6-8-26(40)19-25)15-18-44-27-11-12-28(44)21-29(20-27)45-24(2)42-33-9-4-5-10-34(33)45/h4-10,19,22-23,27-29,41H,3,11-18,20-21H2,1-2H3/t27-,28+,29?. The van der Waals surface area contributed by atoms with E-state index in [1.54, 1.807) is 24.0 Å². The van der Waals surface area contributed by atoms with E-state index in [1.807, 2.05) is 12.1 Å². The lowest BCUT2D eigenvalue weighted by molar-refractivity contribution is 0.0606. The zero-order valence-corrected chi connectivity index (χ0v) is 30.2. The van der Waals surface area contributed by atoms with Gasteiger partial charge in [0, 0.05) is 37.8 Å². The minimum atomic E-state index is -3.91. The fourth-order valence-corrected chi connectivity index (χ4v) is 10.7. The predicted molar refractivity (Wildman–Crippen MR) is 191 cm³/mol. The van der Waals surface area contributed by atoms with Crippen LogP contribution in [0.15, 0.2) is 65.6 Å². The maximum absolute atomic E-state index is 14.7. The van der Waals surface area contributed by atoms with Crippen LogP contribution < -0.4 is 4.72 Å². The van der Waals surface area contributed by atoms with Crippen LogP contribution in [-0.4, -0.2) is 71.9 Å². The van der Waals surface area contributed by atoms with Gasteiger partial charge >= 0.3 is 0 Å². The maximum atomic E-state index is 14.7. The van der Waals surface area contributed by atoms with Crippen molar-refractivity contribution in [1.82, 2.24) is 24.1 Å². The Kier molecular flexibility index (Phi) is 9.56. The zero-order valence-electron chi connectivity index (χ0n) is 27.8. The minimum absolute atomic E-state index is 0.0437. The van der Waals surface area contributed by atoms with E-state index in [0.717, 1.165) is 42.7 Å².